The van der Waals surface area contributed by atoms with Crippen LogP contribution in [0.5, 0.6) is 5.75 Å². The summed E-state index contributed by atoms with van der Waals surface area (Å²) in [5.41, 5.74) is 3.96. The molecule has 1 fully saturated rings. The lowest BCUT2D eigenvalue weighted by Crippen LogP contribution is -2.47. The van der Waals surface area contributed by atoms with Crippen LogP contribution >= 0.6 is 0 Å². The van der Waals surface area contributed by atoms with Gasteiger partial charge in [0.25, 0.3) is 11.8 Å². The normalized spacial score (nSPS) is 14.6. The van der Waals surface area contributed by atoms with Crippen molar-refractivity contribution in [2.75, 3.05) is 19.7 Å². The van der Waals surface area contributed by atoms with Crippen molar-refractivity contribution < 1.29 is 14.3 Å². The first-order valence-corrected chi connectivity index (χ1v) is 9.79. The lowest BCUT2D eigenvalue weighted by molar-refractivity contribution is -0.124. The van der Waals surface area contributed by atoms with Crippen LogP contribution < -0.4 is 10.1 Å². The van der Waals surface area contributed by atoms with Crippen molar-refractivity contribution in [1.29, 1.82) is 0 Å². The lowest BCUT2D eigenvalue weighted by Gasteiger charge is -2.32. The fraction of sp³-hybridized carbons (Fsp3) is 0.391. The molecule has 1 heterocycles. The highest BCUT2D eigenvalue weighted by Crippen LogP contribution is 2.25. The van der Waals surface area contributed by atoms with E-state index in [9.17, 15) is 9.59 Å². The van der Waals surface area contributed by atoms with Gasteiger partial charge in [0.2, 0.25) is 0 Å². The van der Waals surface area contributed by atoms with Gasteiger partial charge < -0.3 is 15.0 Å². The molecule has 1 N–H and O–H groups in total. The average Bonchev–Trinajstić information content (AvgIpc) is 2.71. The van der Waals surface area contributed by atoms with Crippen LogP contribution in [0.1, 0.15) is 39.9 Å². The first-order valence-electron chi connectivity index (χ1n) is 9.79. The number of hydrogen-bond acceptors (Lipinski definition) is 3. The summed E-state index contributed by atoms with van der Waals surface area (Å²) >= 11 is 0. The number of carbonyl (C=O) groups is 2. The highest BCUT2D eigenvalue weighted by molar-refractivity contribution is 5.94. The molecule has 2 aromatic rings. The maximum atomic E-state index is 12.5. The second kappa shape index (κ2) is 8.91. The van der Waals surface area contributed by atoms with E-state index in [4.69, 9.17) is 4.74 Å². The molecular weight excluding hydrogens is 352 g/mol. The number of benzene rings is 2. The fourth-order valence-corrected chi connectivity index (χ4v) is 3.54. The predicted molar refractivity (Wildman–Crippen MR) is 110 cm³/mol. The molecule has 0 radical (unpaired) electrons. The molecular formula is C23H28N2O3. The van der Waals surface area contributed by atoms with Gasteiger partial charge in [-0.3, -0.25) is 9.59 Å². The highest BCUT2D eigenvalue weighted by Gasteiger charge is 2.24. The van der Waals surface area contributed by atoms with Crippen LogP contribution in [0.4, 0.5) is 0 Å². The highest BCUT2D eigenvalue weighted by atomic mass is 16.5. The molecule has 28 heavy (non-hydrogen) atoms. The minimum absolute atomic E-state index is 0.00823. The van der Waals surface area contributed by atoms with Crippen LogP contribution in [-0.4, -0.2) is 42.5 Å². The maximum absolute atomic E-state index is 12.5. The number of rotatable bonds is 5. The number of nitrogens with zero attached hydrogens (tertiary/aromatic N) is 1. The Bertz CT molecular complexity index is 840. The number of nitrogens with one attached hydrogen (secondary N) is 1. The van der Waals surface area contributed by atoms with E-state index in [1.54, 1.807) is 0 Å². The zero-order valence-electron chi connectivity index (χ0n) is 16.8. The van der Waals surface area contributed by atoms with Gasteiger partial charge >= 0.3 is 0 Å². The summed E-state index contributed by atoms with van der Waals surface area (Å²) in [7, 11) is 0. The number of hydrogen-bond donors (Lipinski definition) is 1. The summed E-state index contributed by atoms with van der Waals surface area (Å²) in [6.45, 7) is 7.33. The van der Waals surface area contributed by atoms with Gasteiger partial charge in [0.15, 0.2) is 6.61 Å². The van der Waals surface area contributed by atoms with E-state index in [-0.39, 0.29) is 24.5 Å². The molecule has 0 unspecified atom stereocenters. The largest absolute Gasteiger partial charge is 0.483 e. The molecule has 1 saturated heterocycles. The summed E-state index contributed by atoms with van der Waals surface area (Å²) in [4.78, 5) is 26.7. The van der Waals surface area contributed by atoms with Crippen LogP contribution in [0.3, 0.4) is 0 Å². The van der Waals surface area contributed by atoms with Crippen LogP contribution in [0.25, 0.3) is 0 Å². The van der Waals surface area contributed by atoms with Crippen molar-refractivity contribution in [3.8, 4) is 5.75 Å². The van der Waals surface area contributed by atoms with Crippen LogP contribution in [0.15, 0.2) is 42.5 Å². The van der Waals surface area contributed by atoms with Gasteiger partial charge in [0.05, 0.1) is 0 Å². The van der Waals surface area contributed by atoms with Gasteiger partial charge in [-0.15, -0.1) is 0 Å². The van der Waals surface area contributed by atoms with E-state index in [0.717, 1.165) is 35.3 Å². The molecule has 5 heteroatoms. The molecule has 5 nitrogen and oxygen atoms in total. The molecule has 3 rings (SSSR count). The van der Waals surface area contributed by atoms with Crippen molar-refractivity contribution >= 4 is 11.8 Å². The van der Waals surface area contributed by atoms with Gasteiger partial charge in [-0.05, 0) is 62.4 Å². The third-order valence-electron chi connectivity index (χ3n) is 5.39. The van der Waals surface area contributed by atoms with Crippen molar-refractivity contribution in [1.82, 2.24) is 10.2 Å². The topological polar surface area (TPSA) is 58.6 Å². The number of likely N-dealkylation sites (tertiary alicyclic amines) is 1. The Morgan fingerprint density at radius 2 is 1.64 bits per heavy atom. The van der Waals surface area contributed by atoms with Crippen molar-refractivity contribution in [3.63, 3.8) is 0 Å². The minimum atomic E-state index is -0.117. The van der Waals surface area contributed by atoms with Gasteiger partial charge in [-0.1, -0.05) is 30.3 Å². The Labute approximate surface area is 166 Å². The van der Waals surface area contributed by atoms with Crippen molar-refractivity contribution in [2.45, 2.75) is 39.7 Å². The third kappa shape index (κ3) is 4.71. The quantitative estimate of drug-likeness (QED) is 0.865. The summed E-state index contributed by atoms with van der Waals surface area (Å²) in [6, 6.07) is 13.5. The molecule has 0 atom stereocenters. The van der Waals surface area contributed by atoms with E-state index in [0.29, 0.717) is 18.7 Å². The predicted octanol–water partition coefficient (Wildman–Crippen LogP) is 3.41. The molecule has 0 aliphatic carbocycles. The summed E-state index contributed by atoms with van der Waals surface area (Å²) in [5, 5.41) is 3.04. The van der Waals surface area contributed by atoms with Crippen LogP contribution in [0, 0.1) is 20.8 Å². The zero-order chi connectivity index (χ0) is 20.1. The second-order valence-electron chi connectivity index (χ2n) is 7.44. The Balaban J connectivity index is 1.47. The number of aryl methyl sites for hydroxylation is 2. The Kier molecular flexibility index (Phi) is 6.34. The fourth-order valence-electron chi connectivity index (χ4n) is 3.54. The number of carbonyl (C=O) groups excluding carboxylic acids is 2. The van der Waals surface area contributed by atoms with E-state index < -0.39 is 0 Å². The van der Waals surface area contributed by atoms with Gasteiger partial charge in [-0.25, -0.2) is 0 Å². The summed E-state index contributed by atoms with van der Waals surface area (Å²) < 4.78 is 5.79. The third-order valence-corrected chi connectivity index (χ3v) is 5.39. The molecule has 0 aromatic heterocycles. The van der Waals surface area contributed by atoms with E-state index in [2.05, 4.69) is 11.4 Å². The van der Waals surface area contributed by atoms with Crippen molar-refractivity contribution in [3.05, 3.63) is 64.7 Å². The van der Waals surface area contributed by atoms with E-state index in [1.807, 2.05) is 62.1 Å². The standard InChI is InChI=1S/C23H28N2O3/c1-16-9-10-17(2)22(18(16)3)28-15-21(26)24-20-11-13-25(14-12-20)23(27)19-7-5-4-6-8-19/h4-10,20H,11-15H2,1-3H3,(H,24,26). The zero-order valence-corrected chi connectivity index (χ0v) is 16.8. The lowest BCUT2D eigenvalue weighted by atomic mass is 10.0. The Morgan fingerprint density at radius 1 is 1.00 bits per heavy atom. The first-order chi connectivity index (χ1) is 13.5. The summed E-state index contributed by atoms with van der Waals surface area (Å²) in [6.07, 6.45) is 1.51. The van der Waals surface area contributed by atoms with E-state index in [1.165, 1.54) is 0 Å². The second-order valence-corrected chi connectivity index (χ2v) is 7.44. The number of ether oxygens (including phenoxy) is 1. The molecule has 0 bridgehead atoms. The summed E-state index contributed by atoms with van der Waals surface area (Å²) in [5.74, 6) is 0.727. The van der Waals surface area contributed by atoms with Crippen LogP contribution in [-0.2, 0) is 4.79 Å². The minimum Gasteiger partial charge on any atom is -0.483 e. The van der Waals surface area contributed by atoms with Gasteiger partial charge in [-0.2, -0.15) is 0 Å². The Morgan fingerprint density at radius 3 is 2.32 bits per heavy atom. The molecule has 2 aromatic carbocycles. The maximum Gasteiger partial charge on any atom is 0.258 e. The average molecular weight is 380 g/mol. The van der Waals surface area contributed by atoms with Crippen molar-refractivity contribution in [2.24, 2.45) is 0 Å². The first kappa shape index (κ1) is 19.9. The van der Waals surface area contributed by atoms with Gasteiger partial charge in [0.1, 0.15) is 5.75 Å². The number of amides is 2. The number of piperidine rings is 1. The van der Waals surface area contributed by atoms with E-state index >= 15 is 0 Å². The molecule has 0 spiro atoms. The monoisotopic (exact) mass is 380 g/mol. The molecule has 148 valence electrons. The molecule has 2 amide bonds. The molecule has 1 aliphatic rings. The van der Waals surface area contributed by atoms with Crippen LogP contribution in [0.2, 0.25) is 0 Å². The molecule has 0 saturated carbocycles. The SMILES string of the molecule is Cc1ccc(C)c(OCC(=O)NC2CCN(C(=O)c3ccccc3)CC2)c1C. The smallest absolute Gasteiger partial charge is 0.258 e. The Hall–Kier alpha value is -2.82. The molecule has 1 aliphatic heterocycles. The van der Waals surface area contributed by atoms with Gasteiger partial charge in [0, 0.05) is 24.7 Å².